The highest BCUT2D eigenvalue weighted by molar-refractivity contribution is 5.89. The highest BCUT2D eigenvalue weighted by atomic mass is 19.1. The van der Waals surface area contributed by atoms with Crippen LogP contribution in [-0.2, 0) is 34.7 Å². The second-order valence-corrected chi connectivity index (χ2v) is 8.82. The Morgan fingerprint density at radius 3 is 2.75 bits per heavy atom. The van der Waals surface area contributed by atoms with Gasteiger partial charge in [0, 0.05) is 28.6 Å². The van der Waals surface area contributed by atoms with E-state index in [1.807, 2.05) is 6.92 Å². The Kier molecular flexibility index (Phi) is 4.51. The van der Waals surface area contributed by atoms with Crippen LogP contribution in [-0.4, -0.2) is 26.7 Å². The maximum Gasteiger partial charge on any atom is 0.343 e. The summed E-state index contributed by atoms with van der Waals surface area (Å²) in [5, 5.41) is 11.8. The number of benzene rings is 1. The van der Waals surface area contributed by atoms with Gasteiger partial charge < -0.3 is 20.1 Å². The zero-order valence-electron chi connectivity index (χ0n) is 18.2. The summed E-state index contributed by atoms with van der Waals surface area (Å²) in [7, 11) is 0. The molecule has 0 amide bonds. The summed E-state index contributed by atoms with van der Waals surface area (Å²) in [6.07, 6.45) is 0.607. The average molecular weight is 437 g/mol. The zero-order chi connectivity index (χ0) is 22.9. The Labute approximate surface area is 183 Å². The molecular formula is C24H24FN3O4. The lowest BCUT2D eigenvalue weighted by Crippen LogP contribution is -2.44. The molecule has 5 rings (SSSR count). The molecule has 2 aliphatic heterocycles. The van der Waals surface area contributed by atoms with Crippen LogP contribution in [0.15, 0.2) is 23.0 Å². The van der Waals surface area contributed by atoms with Crippen LogP contribution in [0, 0.1) is 12.7 Å². The first kappa shape index (κ1) is 20.8. The lowest BCUT2D eigenvalue weighted by molar-refractivity contribution is -0.172. The summed E-state index contributed by atoms with van der Waals surface area (Å²) >= 11 is 0. The molecule has 0 fully saturated rings. The van der Waals surface area contributed by atoms with Crippen molar-refractivity contribution in [3.63, 3.8) is 0 Å². The van der Waals surface area contributed by atoms with Crippen LogP contribution in [0.2, 0.25) is 0 Å². The van der Waals surface area contributed by atoms with E-state index in [4.69, 9.17) is 15.5 Å². The Balaban J connectivity index is 1.84. The van der Waals surface area contributed by atoms with Gasteiger partial charge in [-0.25, -0.2) is 14.2 Å². The summed E-state index contributed by atoms with van der Waals surface area (Å²) in [5.41, 5.74) is 8.27. The second kappa shape index (κ2) is 6.95. The lowest BCUT2D eigenvalue weighted by Gasteiger charge is -2.31. The second-order valence-electron chi connectivity index (χ2n) is 8.82. The number of nitrogens with two attached hydrogens (primary N) is 1. The van der Waals surface area contributed by atoms with Crippen molar-refractivity contribution in [1.29, 1.82) is 0 Å². The number of aromatic nitrogens is 2. The highest BCUT2D eigenvalue weighted by Crippen LogP contribution is 2.40. The van der Waals surface area contributed by atoms with Gasteiger partial charge in [-0.2, -0.15) is 0 Å². The minimum atomic E-state index is -1.89. The molecule has 166 valence electrons. The number of carbonyl (C=O) groups is 1. The number of hydrogen-bond donors (Lipinski definition) is 2. The Hall–Kier alpha value is -3.10. The molecule has 8 heteroatoms. The number of fused-ring (bicyclic) bond motifs is 5. The van der Waals surface area contributed by atoms with Gasteiger partial charge in [-0.15, -0.1) is 0 Å². The molecule has 2 aliphatic rings. The Morgan fingerprint density at radius 2 is 2.06 bits per heavy atom. The maximum absolute atomic E-state index is 14.4. The Bertz CT molecular complexity index is 1380. The molecule has 0 aliphatic carbocycles. The van der Waals surface area contributed by atoms with E-state index in [1.54, 1.807) is 30.5 Å². The molecule has 7 nitrogen and oxygen atoms in total. The molecule has 0 spiro atoms. The van der Waals surface area contributed by atoms with Crippen LogP contribution in [0.5, 0.6) is 0 Å². The van der Waals surface area contributed by atoms with Crippen molar-refractivity contribution in [3.05, 3.63) is 62.2 Å². The van der Waals surface area contributed by atoms with E-state index in [0.717, 1.165) is 16.5 Å². The Morgan fingerprint density at radius 1 is 1.31 bits per heavy atom. The average Bonchev–Trinajstić information content (AvgIpc) is 3.11. The molecule has 2 atom stereocenters. The summed E-state index contributed by atoms with van der Waals surface area (Å²) < 4.78 is 21.1. The van der Waals surface area contributed by atoms with Crippen molar-refractivity contribution in [2.45, 2.75) is 58.4 Å². The zero-order valence-corrected chi connectivity index (χ0v) is 18.2. The molecule has 3 aromatic rings. The number of aryl methyl sites for hydroxylation is 1. The van der Waals surface area contributed by atoms with Crippen LogP contribution in [0.1, 0.15) is 48.1 Å². The number of cyclic esters (lactones) is 1. The largest absolute Gasteiger partial charge is 0.458 e. The SMILES string of the molecule is CC[C@@]1(O)C(=O)OCc2c1cc1n(c2=O)Cc2c-1nc1cc(F)c(C)cc1c2C[C@@H](C)N. The normalized spacial score (nSPS) is 20.0. The highest BCUT2D eigenvalue weighted by Gasteiger charge is 2.45. The van der Waals surface area contributed by atoms with Crippen molar-refractivity contribution in [1.82, 2.24) is 9.55 Å². The van der Waals surface area contributed by atoms with Gasteiger partial charge in [0.05, 0.1) is 29.0 Å². The van der Waals surface area contributed by atoms with Crippen molar-refractivity contribution >= 4 is 16.9 Å². The van der Waals surface area contributed by atoms with E-state index >= 15 is 0 Å². The number of rotatable bonds is 3. The number of pyridine rings is 2. The molecule has 0 unspecified atom stereocenters. The molecule has 0 radical (unpaired) electrons. The van der Waals surface area contributed by atoms with Gasteiger partial charge in [-0.05, 0) is 49.9 Å². The molecule has 0 bridgehead atoms. The monoisotopic (exact) mass is 437 g/mol. The molecule has 1 aromatic carbocycles. The minimum Gasteiger partial charge on any atom is -0.458 e. The standard InChI is InChI=1S/C24H24FN3O4/c1-4-24(31)17-7-20-21-15(9-28(20)22(29)16(17)10-32-23(24)30)13(6-12(3)26)14-5-11(2)18(25)8-19(14)27-21/h5,7-8,12,31H,4,6,9-10,26H2,1-3H3/t12-,24+/m1/s1. The van der Waals surface area contributed by atoms with Crippen LogP contribution in [0.3, 0.4) is 0 Å². The van der Waals surface area contributed by atoms with Crippen LogP contribution < -0.4 is 11.3 Å². The third-order valence-corrected chi connectivity index (χ3v) is 6.61. The number of hydrogen-bond acceptors (Lipinski definition) is 6. The first-order valence-electron chi connectivity index (χ1n) is 10.7. The number of nitrogens with zero attached hydrogens (tertiary/aromatic N) is 2. The van der Waals surface area contributed by atoms with Crippen molar-refractivity contribution < 1.29 is 19.0 Å². The van der Waals surface area contributed by atoms with E-state index in [-0.39, 0.29) is 48.1 Å². The number of aliphatic hydroxyl groups is 1. The quantitative estimate of drug-likeness (QED) is 0.477. The van der Waals surface area contributed by atoms with Gasteiger partial charge in [0.2, 0.25) is 0 Å². The molecule has 4 heterocycles. The molecule has 0 saturated carbocycles. The van der Waals surface area contributed by atoms with Crippen LogP contribution >= 0.6 is 0 Å². The first-order chi connectivity index (χ1) is 15.2. The number of halogens is 1. The molecule has 32 heavy (non-hydrogen) atoms. The minimum absolute atomic E-state index is 0.0696. The first-order valence-corrected chi connectivity index (χ1v) is 10.7. The van der Waals surface area contributed by atoms with E-state index in [2.05, 4.69) is 0 Å². The maximum atomic E-state index is 14.4. The van der Waals surface area contributed by atoms with Gasteiger partial charge in [-0.1, -0.05) is 6.92 Å². The van der Waals surface area contributed by atoms with Crippen molar-refractivity contribution in [3.8, 4) is 11.4 Å². The van der Waals surface area contributed by atoms with E-state index in [1.165, 1.54) is 6.07 Å². The van der Waals surface area contributed by atoms with E-state index in [9.17, 15) is 19.1 Å². The van der Waals surface area contributed by atoms with Crippen LogP contribution in [0.4, 0.5) is 4.39 Å². The number of ether oxygens (including phenoxy) is 1. The smallest absolute Gasteiger partial charge is 0.343 e. The van der Waals surface area contributed by atoms with E-state index in [0.29, 0.717) is 28.9 Å². The van der Waals surface area contributed by atoms with Gasteiger partial charge in [-0.3, -0.25) is 4.79 Å². The summed E-state index contributed by atoms with van der Waals surface area (Å²) in [6, 6.07) is 4.68. The summed E-state index contributed by atoms with van der Waals surface area (Å²) in [4.78, 5) is 30.4. The fourth-order valence-corrected chi connectivity index (χ4v) is 4.85. The molecule has 0 saturated heterocycles. The van der Waals surface area contributed by atoms with E-state index < -0.39 is 11.6 Å². The van der Waals surface area contributed by atoms with Gasteiger partial charge in [0.25, 0.3) is 5.56 Å². The summed E-state index contributed by atoms with van der Waals surface area (Å²) in [5.74, 6) is -1.13. The fourth-order valence-electron chi connectivity index (χ4n) is 4.85. The fraction of sp³-hybridized carbons (Fsp3) is 0.375. The van der Waals surface area contributed by atoms with Gasteiger partial charge in [0.1, 0.15) is 12.4 Å². The van der Waals surface area contributed by atoms with Gasteiger partial charge >= 0.3 is 5.97 Å². The van der Waals surface area contributed by atoms with Crippen molar-refractivity contribution in [2.75, 3.05) is 0 Å². The topological polar surface area (TPSA) is 107 Å². The third-order valence-electron chi connectivity index (χ3n) is 6.61. The number of carbonyl (C=O) groups excluding carboxylic acids is 1. The van der Waals surface area contributed by atoms with Gasteiger partial charge in [0.15, 0.2) is 5.60 Å². The lowest BCUT2D eigenvalue weighted by atomic mass is 9.86. The number of esters is 1. The summed E-state index contributed by atoms with van der Waals surface area (Å²) in [6.45, 7) is 5.36. The molecule has 2 aromatic heterocycles. The van der Waals surface area contributed by atoms with Crippen LogP contribution in [0.25, 0.3) is 22.3 Å². The third kappa shape index (κ3) is 2.76. The predicted molar refractivity (Wildman–Crippen MR) is 117 cm³/mol. The molecule has 3 N–H and O–H groups in total. The molecular weight excluding hydrogens is 413 g/mol. The van der Waals surface area contributed by atoms with Crippen molar-refractivity contribution in [2.24, 2.45) is 5.73 Å². The predicted octanol–water partition coefficient (Wildman–Crippen LogP) is 2.42.